The Labute approximate surface area is 188 Å². The van der Waals surface area contributed by atoms with E-state index in [1.54, 1.807) is 0 Å². The largest absolute Gasteiger partial charge is 0.381 e. The Morgan fingerprint density at radius 3 is 2.50 bits per heavy atom. The van der Waals surface area contributed by atoms with Crippen LogP contribution in [0.25, 0.3) is 0 Å². The zero-order valence-electron chi connectivity index (χ0n) is 18.0. The van der Waals surface area contributed by atoms with E-state index in [0.717, 1.165) is 62.7 Å². The van der Waals surface area contributed by atoms with Gasteiger partial charge < -0.3 is 19.9 Å². The molecule has 0 radical (unpaired) electrons. The summed E-state index contributed by atoms with van der Waals surface area (Å²) in [6.07, 6.45) is 5.52. The van der Waals surface area contributed by atoms with Gasteiger partial charge in [-0.25, -0.2) is 9.98 Å². The monoisotopic (exact) mass is 503 g/mol. The average molecular weight is 503 g/mol. The smallest absolute Gasteiger partial charge is 0.193 e. The average Bonchev–Trinajstić information content (AvgIpc) is 2.72. The maximum Gasteiger partial charge on any atom is 0.193 e. The number of hydrogen-bond donors (Lipinski definition) is 1. The van der Waals surface area contributed by atoms with Crippen molar-refractivity contribution in [2.45, 2.75) is 46.6 Å². The van der Waals surface area contributed by atoms with E-state index in [1.807, 2.05) is 6.20 Å². The minimum atomic E-state index is 0. The summed E-state index contributed by atoms with van der Waals surface area (Å²) in [6, 6.07) is 4.23. The quantitative estimate of drug-likeness (QED) is 0.316. The highest BCUT2D eigenvalue weighted by atomic mass is 127. The lowest BCUT2D eigenvalue weighted by Gasteiger charge is -2.26. The topological polar surface area (TPSA) is 53.0 Å². The van der Waals surface area contributed by atoms with Gasteiger partial charge in [-0.2, -0.15) is 0 Å². The van der Waals surface area contributed by atoms with Crippen LogP contribution >= 0.6 is 24.0 Å². The summed E-state index contributed by atoms with van der Waals surface area (Å²) in [5, 5.41) is 3.41. The predicted molar refractivity (Wildman–Crippen MR) is 129 cm³/mol. The third-order valence-corrected chi connectivity index (χ3v) is 5.22. The highest BCUT2D eigenvalue weighted by Crippen LogP contribution is 2.18. The van der Waals surface area contributed by atoms with Crippen molar-refractivity contribution in [3.63, 3.8) is 0 Å². The fourth-order valence-corrected chi connectivity index (χ4v) is 3.40. The molecule has 0 atom stereocenters. The molecule has 1 N–H and O–H groups in total. The molecule has 0 unspecified atom stereocenters. The molecule has 1 aromatic rings. The summed E-state index contributed by atoms with van der Waals surface area (Å²) in [7, 11) is 2.13. The Morgan fingerprint density at radius 1 is 1.21 bits per heavy atom. The summed E-state index contributed by atoms with van der Waals surface area (Å²) in [6.45, 7) is 12.8. The molecule has 0 aliphatic carbocycles. The van der Waals surface area contributed by atoms with Crippen molar-refractivity contribution >= 4 is 35.8 Å². The van der Waals surface area contributed by atoms with Gasteiger partial charge in [-0.15, -0.1) is 24.0 Å². The number of hydrogen-bond acceptors (Lipinski definition) is 4. The fourth-order valence-electron chi connectivity index (χ4n) is 3.40. The van der Waals surface area contributed by atoms with Gasteiger partial charge >= 0.3 is 0 Å². The van der Waals surface area contributed by atoms with E-state index in [4.69, 9.17) is 9.73 Å². The van der Waals surface area contributed by atoms with Gasteiger partial charge in [0.2, 0.25) is 0 Å². The van der Waals surface area contributed by atoms with E-state index < -0.39 is 0 Å². The van der Waals surface area contributed by atoms with Gasteiger partial charge in [0.05, 0.1) is 6.54 Å². The molecule has 160 valence electrons. The number of rotatable bonds is 9. The zero-order valence-corrected chi connectivity index (χ0v) is 20.3. The van der Waals surface area contributed by atoms with Crippen molar-refractivity contribution in [2.24, 2.45) is 10.9 Å². The summed E-state index contributed by atoms with van der Waals surface area (Å²) in [5.41, 5.74) is 1.14. The van der Waals surface area contributed by atoms with Gasteiger partial charge in [0.15, 0.2) is 5.96 Å². The Bertz CT molecular complexity index is 556. The number of anilines is 1. The SMILES string of the molecule is CCNC(=NCc1ccc(N(CC)CC)nc1)N(C)CCC1CCOCC1.I. The molecule has 0 bridgehead atoms. The van der Waals surface area contributed by atoms with E-state index in [1.165, 1.54) is 19.3 Å². The Hall–Kier alpha value is -1.09. The van der Waals surface area contributed by atoms with Crippen LogP contribution in [0.3, 0.4) is 0 Å². The van der Waals surface area contributed by atoms with Crippen molar-refractivity contribution < 1.29 is 4.74 Å². The third kappa shape index (κ3) is 8.11. The van der Waals surface area contributed by atoms with Crippen LogP contribution in [0.15, 0.2) is 23.3 Å². The third-order valence-electron chi connectivity index (χ3n) is 5.22. The predicted octanol–water partition coefficient (Wildman–Crippen LogP) is 3.76. The number of pyridine rings is 1. The minimum absolute atomic E-state index is 0. The molecule has 1 aliphatic heterocycles. The van der Waals surface area contributed by atoms with Crippen molar-refractivity contribution in [2.75, 3.05) is 51.3 Å². The van der Waals surface area contributed by atoms with Crippen molar-refractivity contribution in [3.05, 3.63) is 23.9 Å². The van der Waals surface area contributed by atoms with Gasteiger partial charge in [-0.05, 0) is 57.6 Å². The van der Waals surface area contributed by atoms with E-state index in [-0.39, 0.29) is 24.0 Å². The number of aromatic nitrogens is 1. The summed E-state index contributed by atoms with van der Waals surface area (Å²) < 4.78 is 5.46. The molecular weight excluding hydrogens is 465 g/mol. The van der Waals surface area contributed by atoms with E-state index in [9.17, 15) is 0 Å². The van der Waals surface area contributed by atoms with Crippen LogP contribution in [0, 0.1) is 5.92 Å². The molecule has 0 saturated carbocycles. The summed E-state index contributed by atoms with van der Waals surface area (Å²) in [4.78, 5) is 13.9. The second-order valence-electron chi connectivity index (χ2n) is 7.13. The first kappa shape index (κ1) is 24.9. The Morgan fingerprint density at radius 2 is 1.93 bits per heavy atom. The lowest BCUT2D eigenvalue weighted by atomic mass is 9.96. The standard InChI is InChI=1S/C21H37N5O.HI/c1-5-22-21(25(4)13-10-18-11-14-27-15-12-18)24-17-19-8-9-20(23-16-19)26(6-2)7-3;/h8-9,16,18H,5-7,10-15,17H2,1-4H3,(H,22,24);1H. The first-order valence-corrected chi connectivity index (χ1v) is 10.4. The van der Waals surface area contributed by atoms with Gasteiger partial charge in [0.1, 0.15) is 5.82 Å². The molecule has 1 aromatic heterocycles. The molecule has 1 aliphatic rings. The van der Waals surface area contributed by atoms with Crippen LogP contribution in [-0.2, 0) is 11.3 Å². The normalized spacial score (nSPS) is 15.1. The number of nitrogens with one attached hydrogen (secondary N) is 1. The maximum atomic E-state index is 5.46. The Kier molecular flexibility index (Phi) is 12.5. The summed E-state index contributed by atoms with van der Waals surface area (Å²) >= 11 is 0. The van der Waals surface area contributed by atoms with E-state index >= 15 is 0 Å². The highest BCUT2D eigenvalue weighted by molar-refractivity contribution is 14.0. The molecule has 7 heteroatoms. The first-order chi connectivity index (χ1) is 13.2. The van der Waals surface area contributed by atoms with E-state index in [0.29, 0.717) is 6.54 Å². The zero-order chi connectivity index (χ0) is 19.5. The molecule has 0 aromatic carbocycles. The molecule has 1 fully saturated rings. The molecule has 0 amide bonds. The lowest BCUT2D eigenvalue weighted by Crippen LogP contribution is -2.40. The highest BCUT2D eigenvalue weighted by Gasteiger charge is 2.15. The number of halogens is 1. The van der Waals surface area contributed by atoms with E-state index in [2.05, 4.69) is 60.1 Å². The van der Waals surface area contributed by atoms with Crippen LogP contribution < -0.4 is 10.2 Å². The van der Waals surface area contributed by atoms with Gasteiger partial charge in [0.25, 0.3) is 0 Å². The summed E-state index contributed by atoms with van der Waals surface area (Å²) in [5.74, 6) is 2.78. The second kappa shape index (κ2) is 14.0. The van der Waals surface area contributed by atoms with Crippen LogP contribution in [0.2, 0.25) is 0 Å². The number of nitrogens with zero attached hydrogens (tertiary/aromatic N) is 4. The van der Waals surface area contributed by atoms with Crippen molar-refractivity contribution in [1.29, 1.82) is 0 Å². The maximum absolute atomic E-state index is 5.46. The minimum Gasteiger partial charge on any atom is -0.381 e. The fraction of sp³-hybridized carbons (Fsp3) is 0.714. The second-order valence-corrected chi connectivity index (χ2v) is 7.13. The Balaban J connectivity index is 0.00000392. The van der Waals surface area contributed by atoms with Crippen molar-refractivity contribution in [1.82, 2.24) is 15.2 Å². The van der Waals surface area contributed by atoms with Crippen LogP contribution in [0.5, 0.6) is 0 Å². The lowest BCUT2D eigenvalue weighted by molar-refractivity contribution is 0.0625. The molecule has 2 rings (SSSR count). The van der Waals surface area contributed by atoms with Gasteiger partial charge in [-0.3, -0.25) is 0 Å². The molecule has 6 nitrogen and oxygen atoms in total. The molecule has 1 saturated heterocycles. The number of ether oxygens (including phenoxy) is 1. The molecular formula is C21H38IN5O. The van der Waals surface area contributed by atoms with Crippen LogP contribution in [-0.4, -0.2) is 62.3 Å². The molecule has 0 spiro atoms. The van der Waals surface area contributed by atoms with Crippen molar-refractivity contribution in [3.8, 4) is 0 Å². The van der Waals surface area contributed by atoms with Crippen LogP contribution in [0.4, 0.5) is 5.82 Å². The molecule has 2 heterocycles. The molecule has 28 heavy (non-hydrogen) atoms. The van der Waals surface area contributed by atoms with Crippen LogP contribution in [0.1, 0.15) is 45.6 Å². The van der Waals surface area contributed by atoms with Gasteiger partial charge in [-0.1, -0.05) is 6.07 Å². The number of aliphatic imine (C=N–C) groups is 1. The number of guanidine groups is 1. The first-order valence-electron chi connectivity index (χ1n) is 10.4. The van der Waals surface area contributed by atoms with Gasteiger partial charge in [0, 0.05) is 52.6 Å².